The van der Waals surface area contributed by atoms with Crippen LogP contribution in [0.25, 0.3) is 0 Å². The van der Waals surface area contributed by atoms with Crippen molar-refractivity contribution in [2.75, 3.05) is 5.32 Å². The van der Waals surface area contributed by atoms with Gasteiger partial charge in [0.2, 0.25) is 0 Å². The van der Waals surface area contributed by atoms with E-state index >= 15 is 0 Å². The van der Waals surface area contributed by atoms with Crippen LogP contribution in [0.2, 0.25) is 10.0 Å². The monoisotopic (exact) mass is 217 g/mol. The number of halogens is 2. The summed E-state index contributed by atoms with van der Waals surface area (Å²) in [4.78, 5) is 0. The molecule has 1 aromatic carbocycles. The summed E-state index contributed by atoms with van der Waals surface area (Å²) in [7, 11) is 0. The number of anilines is 1. The molecule has 1 nitrogen and oxygen atoms in total. The Morgan fingerprint density at radius 2 is 2.08 bits per heavy atom. The Labute approximate surface area is 89.0 Å². The normalized spacial score (nSPS) is 12.6. The molecule has 1 N–H and O–H groups in total. The Morgan fingerprint density at radius 3 is 2.69 bits per heavy atom. The third-order valence-electron chi connectivity index (χ3n) is 1.94. The van der Waals surface area contributed by atoms with E-state index in [0.717, 1.165) is 12.1 Å². The number of nitrogens with one attached hydrogen (secondary N) is 1. The zero-order chi connectivity index (χ0) is 9.84. The van der Waals surface area contributed by atoms with Gasteiger partial charge < -0.3 is 5.32 Å². The zero-order valence-corrected chi connectivity index (χ0v) is 9.28. The van der Waals surface area contributed by atoms with Gasteiger partial charge in [-0.3, -0.25) is 0 Å². The van der Waals surface area contributed by atoms with Crippen molar-refractivity contribution >= 4 is 28.9 Å². The lowest BCUT2D eigenvalue weighted by molar-refractivity contribution is 0.764. The molecule has 0 aliphatic carbocycles. The molecule has 0 amide bonds. The molecule has 13 heavy (non-hydrogen) atoms. The second kappa shape index (κ2) is 4.73. The van der Waals surface area contributed by atoms with Gasteiger partial charge in [0.15, 0.2) is 0 Å². The summed E-state index contributed by atoms with van der Waals surface area (Å²) in [6.45, 7) is 4.23. The SMILES string of the molecule is CCC(C)Nc1cc(Cl)ccc1Cl. The number of hydrogen-bond acceptors (Lipinski definition) is 1. The maximum atomic E-state index is 5.98. The van der Waals surface area contributed by atoms with Crippen molar-refractivity contribution in [3.63, 3.8) is 0 Å². The van der Waals surface area contributed by atoms with Crippen molar-refractivity contribution in [1.82, 2.24) is 0 Å². The molecule has 0 aliphatic rings. The minimum Gasteiger partial charge on any atom is -0.381 e. The van der Waals surface area contributed by atoms with Crippen LogP contribution in [-0.4, -0.2) is 6.04 Å². The molecule has 0 saturated heterocycles. The summed E-state index contributed by atoms with van der Waals surface area (Å²) in [5, 5.41) is 4.70. The molecule has 0 aromatic heterocycles. The maximum Gasteiger partial charge on any atom is 0.0638 e. The predicted octanol–water partition coefficient (Wildman–Crippen LogP) is 4.20. The highest BCUT2D eigenvalue weighted by Gasteiger charge is 2.03. The average Bonchev–Trinajstić information content (AvgIpc) is 2.11. The molecular formula is C10H13Cl2N. The van der Waals surface area contributed by atoms with E-state index in [1.54, 1.807) is 12.1 Å². The van der Waals surface area contributed by atoms with Crippen LogP contribution in [0.3, 0.4) is 0 Å². The molecule has 0 heterocycles. The summed E-state index contributed by atoms with van der Waals surface area (Å²) in [6.07, 6.45) is 1.06. The van der Waals surface area contributed by atoms with Crippen molar-refractivity contribution < 1.29 is 0 Å². The summed E-state index contributed by atoms with van der Waals surface area (Å²) >= 11 is 11.8. The topological polar surface area (TPSA) is 12.0 Å². The van der Waals surface area contributed by atoms with Gasteiger partial charge in [0, 0.05) is 11.1 Å². The molecule has 1 unspecified atom stereocenters. The Morgan fingerprint density at radius 1 is 1.38 bits per heavy atom. The van der Waals surface area contributed by atoms with Gasteiger partial charge in [-0.05, 0) is 31.5 Å². The van der Waals surface area contributed by atoms with E-state index in [4.69, 9.17) is 23.2 Å². The molecule has 0 spiro atoms. The highest BCUT2D eigenvalue weighted by Crippen LogP contribution is 2.26. The Hall–Kier alpha value is -0.400. The standard InChI is InChI=1S/C10H13Cl2N/c1-3-7(2)13-10-6-8(11)4-5-9(10)12/h4-7,13H,3H2,1-2H3. The van der Waals surface area contributed by atoms with Gasteiger partial charge >= 0.3 is 0 Å². The van der Waals surface area contributed by atoms with E-state index < -0.39 is 0 Å². The quantitative estimate of drug-likeness (QED) is 0.801. The number of hydrogen-bond donors (Lipinski definition) is 1. The second-order valence-electron chi connectivity index (χ2n) is 3.08. The summed E-state index contributed by atoms with van der Waals surface area (Å²) in [5.74, 6) is 0. The van der Waals surface area contributed by atoms with Crippen LogP contribution in [0.15, 0.2) is 18.2 Å². The first-order valence-electron chi connectivity index (χ1n) is 4.35. The van der Waals surface area contributed by atoms with Crippen LogP contribution < -0.4 is 5.32 Å². The number of benzene rings is 1. The lowest BCUT2D eigenvalue weighted by Crippen LogP contribution is -2.13. The highest BCUT2D eigenvalue weighted by atomic mass is 35.5. The smallest absolute Gasteiger partial charge is 0.0638 e. The molecule has 0 radical (unpaired) electrons. The van der Waals surface area contributed by atoms with Gasteiger partial charge in [-0.15, -0.1) is 0 Å². The Kier molecular flexibility index (Phi) is 3.89. The van der Waals surface area contributed by atoms with Gasteiger partial charge in [0.1, 0.15) is 0 Å². The van der Waals surface area contributed by atoms with Crippen LogP contribution >= 0.6 is 23.2 Å². The van der Waals surface area contributed by atoms with Crippen molar-refractivity contribution in [1.29, 1.82) is 0 Å². The highest BCUT2D eigenvalue weighted by molar-refractivity contribution is 6.35. The van der Waals surface area contributed by atoms with Crippen LogP contribution in [0, 0.1) is 0 Å². The fraction of sp³-hybridized carbons (Fsp3) is 0.400. The van der Waals surface area contributed by atoms with E-state index in [1.807, 2.05) is 6.07 Å². The summed E-state index contributed by atoms with van der Waals surface area (Å²) < 4.78 is 0. The lowest BCUT2D eigenvalue weighted by Gasteiger charge is -2.14. The van der Waals surface area contributed by atoms with Crippen LogP contribution in [0.5, 0.6) is 0 Å². The Balaban J connectivity index is 2.81. The van der Waals surface area contributed by atoms with Crippen LogP contribution in [0.4, 0.5) is 5.69 Å². The van der Waals surface area contributed by atoms with E-state index in [2.05, 4.69) is 19.2 Å². The van der Waals surface area contributed by atoms with Gasteiger partial charge in [-0.2, -0.15) is 0 Å². The average molecular weight is 218 g/mol. The molecule has 1 rings (SSSR count). The zero-order valence-electron chi connectivity index (χ0n) is 7.77. The van der Waals surface area contributed by atoms with E-state index in [9.17, 15) is 0 Å². The fourth-order valence-electron chi connectivity index (χ4n) is 0.976. The molecule has 1 aromatic rings. The first-order chi connectivity index (χ1) is 6.13. The molecule has 1 atom stereocenters. The molecule has 0 bridgehead atoms. The molecule has 0 saturated carbocycles. The molecule has 3 heteroatoms. The molecule has 0 fully saturated rings. The first-order valence-corrected chi connectivity index (χ1v) is 5.10. The maximum absolute atomic E-state index is 5.98. The lowest BCUT2D eigenvalue weighted by atomic mass is 10.2. The Bertz CT molecular complexity index is 286. The van der Waals surface area contributed by atoms with Crippen molar-refractivity contribution in [3.8, 4) is 0 Å². The summed E-state index contributed by atoms with van der Waals surface area (Å²) in [5.41, 5.74) is 0.906. The van der Waals surface area contributed by atoms with Gasteiger partial charge in [0.05, 0.1) is 10.7 Å². The predicted molar refractivity (Wildman–Crippen MR) is 59.8 cm³/mol. The van der Waals surface area contributed by atoms with Gasteiger partial charge in [-0.25, -0.2) is 0 Å². The third-order valence-corrected chi connectivity index (χ3v) is 2.51. The van der Waals surface area contributed by atoms with E-state index in [1.165, 1.54) is 0 Å². The van der Waals surface area contributed by atoms with E-state index in [-0.39, 0.29) is 0 Å². The molecule has 0 aliphatic heterocycles. The van der Waals surface area contributed by atoms with Gasteiger partial charge in [0.25, 0.3) is 0 Å². The number of rotatable bonds is 3. The molecular weight excluding hydrogens is 205 g/mol. The van der Waals surface area contributed by atoms with Crippen molar-refractivity contribution in [3.05, 3.63) is 28.2 Å². The second-order valence-corrected chi connectivity index (χ2v) is 3.92. The molecule has 72 valence electrons. The van der Waals surface area contributed by atoms with Crippen LogP contribution in [-0.2, 0) is 0 Å². The summed E-state index contributed by atoms with van der Waals surface area (Å²) in [6, 6.07) is 5.84. The minimum atomic E-state index is 0.413. The van der Waals surface area contributed by atoms with Gasteiger partial charge in [-0.1, -0.05) is 30.1 Å². The van der Waals surface area contributed by atoms with E-state index in [0.29, 0.717) is 16.1 Å². The first kappa shape index (κ1) is 10.7. The van der Waals surface area contributed by atoms with Crippen molar-refractivity contribution in [2.45, 2.75) is 26.3 Å². The van der Waals surface area contributed by atoms with Crippen LogP contribution in [0.1, 0.15) is 20.3 Å². The minimum absolute atomic E-state index is 0.413. The third kappa shape index (κ3) is 3.09. The fourth-order valence-corrected chi connectivity index (χ4v) is 1.32. The van der Waals surface area contributed by atoms with Crippen molar-refractivity contribution in [2.24, 2.45) is 0 Å². The largest absolute Gasteiger partial charge is 0.381 e.